The molecule has 0 bridgehead atoms. The average molecular weight is 224 g/mol. The first-order chi connectivity index (χ1) is 7.65. The van der Waals surface area contributed by atoms with Gasteiger partial charge in [0.25, 0.3) is 0 Å². The molecule has 1 amide bonds. The van der Waals surface area contributed by atoms with E-state index in [1.807, 2.05) is 12.1 Å². The quantitative estimate of drug-likeness (QED) is 0.644. The van der Waals surface area contributed by atoms with Crippen LogP contribution < -0.4 is 10.7 Å². The minimum atomic E-state index is 0.108. The number of amidine groups is 1. The molecular formula is C11H20N4O. The Bertz CT molecular complexity index is 292. The van der Waals surface area contributed by atoms with Crippen LogP contribution in [0, 0.1) is 5.41 Å². The molecule has 2 unspecified atom stereocenters. The molecule has 2 fully saturated rings. The number of carbonyl (C=O) groups excluding carboxylic acids is 1. The van der Waals surface area contributed by atoms with Gasteiger partial charge in [-0.05, 0) is 19.3 Å². The Morgan fingerprint density at radius 2 is 2.31 bits per heavy atom. The first-order valence-corrected chi connectivity index (χ1v) is 6.01. The number of nitrogens with zero attached hydrogens (tertiary/aromatic N) is 1. The van der Waals surface area contributed by atoms with Crippen LogP contribution in [0.1, 0.15) is 38.5 Å². The van der Waals surface area contributed by atoms with Crippen LogP contribution in [0.2, 0.25) is 0 Å². The minimum absolute atomic E-state index is 0.108. The van der Waals surface area contributed by atoms with E-state index in [1.54, 1.807) is 0 Å². The number of hydrogen-bond acceptors (Lipinski definition) is 3. The lowest BCUT2D eigenvalue weighted by Gasteiger charge is -2.24. The standard InChI is InChI=1S/C11H20N4O/c1-15-9(7-11(16)14-15)6-8-4-2-3-5-10(12)13-8/h8-9H,2-7H2,1H3,(H2,12,13)(H,14,16). The first kappa shape index (κ1) is 11.4. The third kappa shape index (κ3) is 2.72. The lowest BCUT2D eigenvalue weighted by Crippen LogP contribution is -2.40. The van der Waals surface area contributed by atoms with Gasteiger partial charge in [-0.3, -0.25) is 15.6 Å². The molecular weight excluding hydrogens is 204 g/mol. The average Bonchev–Trinajstić information content (AvgIpc) is 2.42. The van der Waals surface area contributed by atoms with Crippen LogP contribution >= 0.6 is 0 Å². The fourth-order valence-corrected chi connectivity index (χ4v) is 2.51. The molecule has 16 heavy (non-hydrogen) atoms. The maximum atomic E-state index is 11.2. The van der Waals surface area contributed by atoms with E-state index in [-0.39, 0.29) is 11.9 Å². The van der Waals surface area contributed by atoms with Gasteiger partial charge < -0.3 is 5.32 Å². The molecule has 5 nitrogen and oxygen atoms in total. The van der Waals surface area contributed by atoms with E-state index in [2.05, 4.69) is 10.7 Å². The van der Waals surface area contributed by atoms with Crippen LogP contribution in [0.25, 0.3) is 0 Å². The molecule has 3 N–H and O–H groups in total. The second-order valence-corrected chi connectivity index (χ2v) is 4.81. The van der Waals surface area contributed by atoms with Gasteiger partial charge in [-0.1, -0.05) is 6.42 Å². The Morgan fingerprint density at radius 1 is 1.50 bits per heavy atom. The maximum absolute atomic E-state index is 11.2. The van der Waals surface area contributed by atoms with Crippen molar-refractivity contribution in [2.45, 2.75) is 50.6 Å². The largest absolute Gasteiger partial charge is 0.371 e. The molecule has 2 rings (SSSR count). The van der Waals surface area contributed by atoms with Crippen molar-refractivity contribution in [3.63, 3.8) is 0 Å². The molecule has 0 aliphatic carbocycles. The first-order valence-electron chi connectivity index (χ1n) is 6.01. The van der Waals surface area contributed by atoms with Crippen molar-refractivity contribution in [2.75, 3.05) is 7.05 Å². The highest BCUT2D eigenvalue weighted by molar-refractivity contribution is 5.79. The highest BCUT2D eigenvalue weighted by Gasteiger charge is 2.29. The van der Waals surface area contributed by atoms with Crippen molar-refractivity contribution < 1.29 is 4.79 Å². The molecule has 0 aromatic heterocycles. The fourth-order valence-electron chi connectivity index (χ4n) is 2.51. The number of nitrogens with one attached hydrogen (secondary N) is 3. The van der Waals surface area contributed by atoms with Gasteiger partial charge in [-0.25, -0.2) is 5.01 Å². The summed E-state index contributed by atoms with van der Waals surface area (Å²) in [6.45, 7) is 0. The summed E-state index contributed by atoms with van der Waals surface area (Å²) in [5.74, 6) is 0.763. The van der Waals surface area contributed by atoms with Gasteiger partial charge in [0.2, 0.25) is 5.91 Å². The monoisotopic (exact) mass is 224 g/mol. The van der Waals surface area contributed by atoms with E-state index < -0.39 is 0 Å². The summed E-state index contributed by atoms with van der Waals surface area (Å²) >= 11 is 0. The third-order valence-corrected chi connectivity index (χ3v) is 3.43. The Kier molecular flexibility index (Phi) is 3.43. The molecule has 0 spiro atoms. The van der Waals surface area contributed by atoms with Crippen LogP contribution in [-0.2, 0) is 4.79 Å². The molecule has 0 aromatic rings. The molecule has 2 saturated heterocycles. The lowest BCUT2D eigenvalue weighted by atomic mass is 10.0. The van der Waals surface area contributed by atoms with Crippen molar-refractivity contribution in [3.05, 3.63) is 0 Å². The molecule has 2 atom stereocenters. The van der Waals surface area contributed by atoms with E-state index in [9.17, 15) is 4.79 Å². The number of rotatable bonds is 2. The second kappa shape index (κ2) is 4.82. The Balaban J connectivity index is 1.88. The molecule has 90 valence electrons. The zero-order valence-electron chi connectivity index (χ0n) is 9.75. The molecule has 0 saturated carbocycles. The van der Waals surface area contributed by atoms with Gasteiger partial charge in [0.1, 0.15) is 0 Å². The molecule has 0 radical (unpaired) electrons. The smallest absolute Gasteiger partial charge is 0.235 e. The summed E-state index contributed by atoms with van der Waals surface area (Å²) in [6, 6.07) is 0.631. The topological polar surface area (TPSA) is 68.2 Å². The van der Waals surface area contributed by atoms with Gasteiger partial charge in [0.15, 0.2) is 0 Å². The van der Waals surface area contributed by atoms with Crippen LogP contribution in [0.5, 0.6) is 0 Å². The number of amides is 1. The van der Waals surface area contributed by atoms with E-state index in [0.717, 1.165) is 25.7 Å². The maximum Gasteiger partial charge on any atom is 0.235 e. The SMILES string of the molecule is CN1NC(=O)CC1CC1CCCCC(=N)N1. The highest BCUT2D eigenvalue weighted by Crippen LogP contribution is 2.19. The minimum Gasteiger partial charge on any atom is -0.371 e. The van der Waals surface area contributed by atoms with E-state index in [4.69, 9.17) is 5.41 Å². The predicted octanol–water partition coefficient (Wildman–Crippen LogP) is 0.621. The van der Waals surface area contributed by atoms with E-state index in [0.29, 0.717) is 18.3 Å². The Labute approximate surface area is 96.1 Å². The number of hydrogen-bond donors (Lipinski definition) is 3. The molecule has 0 aromatic carbocycles. The Morgan fingerprint density at radius 3 is 3.00 bits per heavy atom. The normalized spacial score (nSPS) is 32.1. The lowest BCUT2D eigenvalue weighted by molar-refractivity contribution is -0.120. The van der Waals surface area contributed by atoms with Crippen molar-refractivity contribution in [3.8, 4) is 0 Å². The molecule has 5 heteroatoms. The van der Waals surface area contributed by atoms with Gasteiger partial charge >= 0.3 is 0 Å². The second-order valence-electron chi connectivity index (χ2n) is 4.81. The summed E-state index contributed by atoms with van der Waals surface area (Å²) in [5.41, 5.74) is 2.80. The molecule has 2 heterocycles. The van der Waals surface area contributed by atoms with Crippen molar-refractivity contribution in [1.29, 1.82) is 5.41 Å². The molecule has 2 aliphatic rings. The summed E-state index contributed by atoms with van der Waals surface area (Å²) in [4.78, 5) is 11.2. The van der Waals surface area contributed by atoms with E-state index >= 15 is 0 Å². The summed E-state index contributed by atoms with van der Waals surface area (Å²) in [5, 5.41) is 12.9. The van der Waals surface area contributed by atoms with Crippen LogP contribution in [0.3, 0.4) is 0 Å². The van der Waals surface area contributed by atoms with Gasteiger partial charge in [0, 0.05) is 32.0 Å². The van der Waals surface area contributed by atoms with Crippen LogP contribution in [-0.4, -0.2) is 35.9 Å². The van der Waals surface area contributed by atoms with Crippen molar-refractivity contribution in [2.24, 2.45) is 0 Å². The van der Waals surface area contributed by atoms with Gasteiger partial charge in [-0.2, -0.15) is 0 Å². The van der Waals surface area contributed by atoms with Crippen molar-refractivity contribution in [1.82, 2.24) is 15.8 Å². The summed E-state index contributed by atoms with van der Waals surface area (Å²) in [7, 11) is 1.91. The predicted molar refractivity (Wildman–Crippen MR) is 62.0 cm³/mol. The Hall–Kier alpha value is -1.10. The van der Waals surface area contributed by atoms with E-state index in [1.165, 1.54) is 6.42 Å². The number of carbonyl (C=O) groups is 1. The van der Waals surface area contributed by atoms with Crippen LogP contribution in [0.4, 0.5) is 0 Å². The summed E-state index contributed by atoms with van der Waals surface area (Å²) in [6.07, 6.45) is 5.80. The zero-order valence-corrected chi connectivity index (χ0v) is 9.75. The summed E-state index contributed by atoms with van der Waals surface area (Å²) < 4.78 is 0. The van der Waals surface area contributed by atoms with Crippen molar-refractivity contribution >= 4 is 11.7 Å². The number of hydrazine groups is 1. The van der Waals surface area contributed by atoms with Gasteiger partial charge in [0.05, 0.1) is 5.84 Å². The third-order valence-electron chi connectivity index (χ3n) is 3.43. The van der Waals surface area contributed by atoms with Gasteiger partial charge in [-0.15, -0.1) is 0 Å². The zero-order chi connectivity index (χ0) is 11.5. The highest BCUT2D eigenvalue weighted by atomic mass is 16.2. The van der Waals surface area contributed by atoms with Crippen LogP contribution in [0.15, 0.2) is 0 Å². The molecule has 2 aliphatic heterocycles. The fraction of sp³-hybridized carbons (Fsp3) is 0.818.